The molecule has 1 aliphatic heterocycles. The summed E-state index contributed by atoms with van der Waals surface area (Å²) in [6.07, 6.45) is 0.461. The molecule has 0 aromatic carbocycles. The van der Waals surface area contributed by atoms with Crippen molar-refractivity contribution >= 4 is 40.2 Å². The van der Waals surface area contributed by atoms with Crippen LogP contribution in [0.4, 0.5) is 5.69 Å². The Kier molecular flexibility index (Phi) is 3.39. The van der Waals surface area contributed by atoms with E-state index in [4.69, 9.17) is 4.74 Å². The Labute approximate surface area is 108 Å². The van der Waals surface area contributed by atoms with Crippen LogP contribution in [0.5, 0.6) is 5.88 Å². The van der Waals surface area contributed by atoms with Gasteiger partial charge in [-0.25, -0.2) is 4.98 Å². The van der Waals surface area contributed by atoms with E-state index in [1.807, 2.05) is 6.07 Å². The van der Waals surface area contributed by atoms with Gasteiger partial charge in [-0.2, -0.15) is 12.6 Å². The van der Waals surface area contributed by atoms with Gasteiger partial charge in [-0.3, -0.25) is 4.79 Å². The molecule has 0 saturated carbocycles. The Balaban J connectivity index is 2.36. The molecular weight excluding hydrogens is 292 g/mol. The number of halogens is 1. The number of amides is 1. The van der Waals surface area contributed by atoms with Crippen LogP contribution in [-0.2, 0) is 4.79 Å². The van der Waals surface area contributed by atoms with Crippen molar-refractivity contribution in [3.05, 3.63) is 16.7 Å². The normalized spacial score (nSPS) is 20.3. The first-order valence-electron chi connectivity index (χ1n) is 4.81. The van der Waals surface area contributed by atoms with E-state index in [0.717, 1.165) is 0 Å². The first-order chi connectivity index (χ1) is 7.61. The zero-order chi connectivity index (χ0) is 11.7. The first kappa shape index (κ1) is 11.7. The van der Waals surface area contributed by atoms with Crippen molar-refractivity contribution in [2.75, 3.05) is 18.6 Å². The zero-order valence-electron chi connectivity index (χ0n) is 8.68. The molecule has 86 valence electrons. The maximum absolute atomic E-state index is 11.7. The number of hydrogen-bond donors (Lipinski definition) is 1. The maximum atomic E-state index is 11.7. The van der Waals surface area contributed by atoms with Crippen molar-refractivity contribution in [2.45, 2.75) is 11.7 Å². The third-order valence-electron chi connectivity index (χ3n) is 2.39. The Bertz CT molecular complexity index is 427. The molecule has 2 heterocycles. The molecule has 2 rings (SSSR count). The van der Waals surface area contributed by atoms with Gasteiger partial charge in [0.1, 0.15) is 10.3 Å². The van der Waals surface area contributed by atoms with Crippen molar-refractivity contribution in [1.29, 1.82) is 0 Å². The number of ether oxygens (including phenoxy) is 1. The first-order valence-corrected chi connectivity index (χ1v) is 6.11. The maximum Gasteiger partial charge on any atom is 0.238 e. The summed E-state index contributed by atoms with van der Waals surface area (Å²) in [7, 11) is 1.54. The summed E-state index contributed by atoms with van der Waals surface area (Å²) in [5.41, 5.74) is 0.701. The highest BCUT2D eigenvalue weighted by Crippen LogP contribution is 2.32. The lowest BCUT2D eigenvalue weighted by Gasteiger charge is -2.18. The standard InChI is InChI=1S/C10H11BrN2O2S/c1-15-10-7(2-3-8(11)12-10)13-5-6(16)4-9(13)14/h2-3,6,16H,4-5H2,1H3. The quantitative estimate of drug-likeness (QED) is 0.670. The predicted octanol–water partition coefficient (Wildman–Crippen LogP) is 1.89. The van der Waals surface area contributed by atoms with Gasteiger partial charge in [0.15, 0.2) is 0 Å². The number of rotatable bonds is 2. The molecular formula is C10H11BrN2O2S. The average molecular weight is 303 g/mol. The van der Waals surface area contributed by atoms with Gasteiger partial charge in [0.25, 0.3) is 0 Å². The lowest BCUT2D eigenvalue weighted by Crippen LogP contribution is -2.25. The smallest absolute Gasteiger partial charge is 0.238 e. The molecule has 4 nitrogen and oxygen atoms in total. The van der Waals surface area contributed by atoms with E-state index in [2.05, 4.69) is 33.5 Å². The second kappa shape index (κ2) is 4.63. The van der Waals surface area contributed by atoms with E-state index in [-0.39, 0.29) is 11.2 Å². The SMILES string of the molecule is COc1nc(Br)ccc1N1CC(S)CC1=O. The summed E-state index contributed by atoms with van der Waals surface area (Å²) in [6.45, 7) is 0.599. The number of carbonyl (C=O) groups is 1. The number of pyridine rings is 1. The lowest BCUT2D eigenvalue weighted by molar-refractivity contribution is -0.117. The van der Waals surface area contributed by atoms with E-state index < -0.39 is 0 Å². The third-order valence-corrected chi connectivity index (χ3v) is 3.18. The summed E-state index contributed by atoms with van der Waals surface area (Å²) >= 11 is 7.58. The number of thiol groups is 1. The molecule has 1 aliphatic rings. The molecule has 1 aromatic rings. The van der Waals surface area contributed by atoms with E-state index >= 15 is 0 Å². The van der Waals surface area contributed by atoms with Crippen LogP contribution in [0, 0.1) is 0 Å². The van der Waals surface area contributed by atoms with Crippen LogP contribution in [0.15, 0.2) is 16.7 Å². The predicted molar refractivity (Wildman–Crippen MR) is 68.2 cm³/mol. The number of carbonyl (C=O) groups excluding carboxylic acids is 1. The van der Waals surface area contributed by atoms with Crippen LogP contribution in [0.1, 0.15) is 6.42 Å². The van der Waals surface area contributed by atoms with Gasteiger partial charge in [-0.05, 0) is 28.1 Å². The molecule has 0 aliphatic carbocycles. The van der Waals surface area contributed by atoms with Crippen LogP contribution in [-0.4, -0.2) is 29.8 Å². The van der Waals surface area contributed by atoms with Crippen LogP contribution >= 0.6 is 28.6 Å². The van der Waals surface area contributed by atoms with Crippen molar-refractivity contribution in [3.8, 4) is 5.88 Å². The van der Waals surface area contributed by atoms with Crippen molar-refractivity contribution < 1.29 is 9.53 Å². The Morgan fingerprint density at radius 3 is 2.94 bits per heavy atom. The number of anilines is 1. The molecule has 16 heavy (non-hydrogen) atoms. The molecule has 0 bridgehead atoms. The summed E-state index contributed by atoms with van der Waals surface area (Å²) < 4.78 is 5.84. The fourth-order valence-corrected chi connectivity index (χ4v) is 2.30. The van der Waals surface area contributed by atoms with Crippen molar-refractivity contribution in [2.24, 2.45) is 0 Å². The number of hydrogen-bond acceptors (Lipinski definition) is 4. The van der Waals surface area contributed by atoms with Crippen LogP contribution in [0.3, 0.4) is 0 Å². The van der Waals surface area contributed by atoms with Crippen LogP contribution in [0.2, 0.25) is 0 Å². The molecule has 1 unspecified atom stereocenters. The van der Waals surface area contributed by atoms with Gasteiger partial charge in [-0.15, -0.1) is 0 Å². The van der Waals surface area contributed by atoms with E-state index in [0.29, 0.717) is 29.1 Å². The number of methoxy groups -OCH3 is 1. The van der Waals surface area contributed by atoms with E-state index in [9.17, 15) is 4.79 Å². The molecule has 0 radical (unpaired) electrons. The van der Waals surface area contributed by atoms with E-state index in [1.54, 1.807) is 11.0 Å². The lowest BCUT2D eigenvalue weighted by atomic mass is 10.3. The van der Waals surface area contributed by atoms with Crippen LogP contribution in [0.25, 0.3) is 0 Å². The van der Waals surface area contributed by atoms with Gasteiger partial charge >= 0.3 is 0 Å². The second-order valence-electron chi connectivity index (χ2n) is 3.52. The average Bonchev–Trinajstić information content (AvgIpc) is 2.57. The highest BCUT2D eigenvalue weighted by Gasteiger charge is 2.30. The molecule has 0 N–H and O–H groups in total. The van der Waals surface area contributed by atoms with E-state index in [1.165, 1.54) is 7.11 Å². The summed E-state index contributed by atoms with van der Waals surface area (Å²) in [6, 6.07) is 3.61. The molecule has 1 aromatic heterocycles. The van der Waals surface area contributed by atoms with Gasteiger partial charge in [0, 0.05) is 18.2 Å². The minimum absolute atomic E-state index is 0.0578. The molecule has 1 amide bonds. The second-order valence-corrected chi connectivity index (χ2v) is 5.07. The number of aromatic nitrogens is 1. The van der Waals surface area contributed by atoms with Gasteiger partial charge in [0.2, 0.25) is 11.8 Å². The Hall–Kier alpha value is -0.750. The fraction of sp³-hybridized carbons (Fsp3) is 0.400. The highest BCUT2D eigenvalue weighted by molar-refractivity contribution is 9.10. The molecule has 0 spiro atoms. The number of nitrogens with zero attached hydrogens (tertiary/aromatic N) is 2. The van der Waals surface area contributed by atoms with Gasteiger partial charge < -0.3 is 9.64 Å². The van der Waals surface area contributed by atoms with Gasteiger partial charge in [-0.1, -0.05) is 0 Å². The Morgan fingerprint density at radius 1 is 1.62 bits per heavy atom. The van der Waals surface area contributed by atoms with Gasteiger partial charge in [0.05, 0.1) is 7.11 Å². The van der Waals surface area contributed by atoms with Crippen molar-refractivity contribution in [1.82, 2.24) is 4.98 Å². The van der Waals surface area contributed by atoms with Crippen molar-refractivity contribution in [3.63, 3.8) is 0 Å². The monoisotopic (exact) mass is 302 g/mol. The molecule has 1 atom stereocenters. The largest absolute Gasteiger partial charge is 0.479 e. The summed E-state index contributed by atoms with van der Waals surface area (Å²) in [5, 5.41) is 0.0841. The minimum atomic E-state index is 0.0578. The summed E-state index contributed by atoms with van der Waals surface area (Å²) in [5.74, 6) is 0.507. The minimum Gasteiger partial charge on any atom is -0.479 e. The molecule has 1 saturated heterocycles. The van der Waals surface area contributed by atoms with Crippen LogP contribution < -0.4 is 9.64 Å². The third kappa shape index (κ3) is 2.17. The molecule has 6 heteroatoms. The Morgan fingerprint density at radius 2 is 2.38 bits per heavy atom. The fourth-order valence-electron chi connectivity index (χ4n) is 1.69. The topological polar surface area (TPSA) is 42.4 Å². The molecule has 1 fully saturated rings. The highest BCUT2D eigenvalue weighted by atomic mass is 79.9. The summed E-state index contributed by atoms with van der Waals surface area (Å²) in [4.78, 5) is 17.6. The zero-order valence-corrected chi connectivity index (χ0v) is 11.2.